The number of hydrogen-bond acceptors (Lipinski definition) is 3. The number of H-pyrrole nitrogens is 1. The highest BCUT2D eigenvalue weighted by molar-refractivity contribution is 9.10. The maximum absolute atomic E-state index is 12.6. The van der Waals surface area contributed by atoms with Crippen LogP contribution in [-0.4, -0.2) is 28.2 Å². The summed E-state index contributed by atoms with van der Waals surface area (Å²) in [6.07, 6.45) is 4.09. The van der Waals surface area contributed by atoms with Crippen molar-refractivity contribution in [3.63, 3.8) is 0 Å². The van der Waals surface area contributed by atoms with E-state index in [1.807, 2.05) is 30.3 Å². The lowest BCUT2D eigenvalue weighted by Gasteiger charge is -2.28. The second kappa shape index (κ2) is 6.22. The molecule has 0 unspecified atom stereocenters. The molecular formula is C16H19BrN4O. The van der Waals surface area contributed by atoms with Crippen LogP contribution in [-0.2, 0) is 0 Å². The van der Waals surface area contributed by atoms with E-state index in [2.05, 4.69) is 31.4 Å². The summed E-state index contributed by atoms with van der Waals surface area (Å²) in [4.78, 5) is 12.6. The molecule has 0 radical (unpaired) electrons. The Bertz CT molecular complexity index is 662. The molecule has 0 saturated heterocycles. The zero-order valence-electron chi connectivity index (χ0n) is 12.2. The predicted molar refractivity (Wildman–Crippen MR) is 89.4 cm³/mol. The van der Waals surface area contributed by atoms with Crippen molar-refractivity contribution in [1.29, 1.82) is 0 Å². The number of carbonyl (C=O) groups excluding carboxylic acids is 1. The molecule has 0 spiro atoms. The van der Waals surface area contributed by atoms with Crippen LogP contribution < -0.4 is 11.1 Å². The van der Waals surface area contributed by atoms with Gasteiger partial charge in [0.1, 0.15) is 11.4 Å². The van der Waals surface area contributed by atoms with Gasteiger partial charge in [-0.1, -0.05) is 43.2 Å². The molecule has 1 heterocycles. The first-order chi connectivity index (χ1) is 10.7. The summed E-state index contributed by atoms with van der Waals surface area (Å²) in [6.45, 7) is 0.468. The van der Waals surface area contributed by atoms with Crippen molar-refractivity contribution in [2.75, 3.05) is 6.54 Å². The summed E-state index contributed by atoms with van der Waals surface area (Å²) in [6, 6.07) is 9.75. The Morgan fingerprint density at radius 2 is 2.00 bits per heavy atom. The van der Waals surface area contributed by atoms with Crippen LogP contribution in [0.1, 0.15) is 36.2 Å². The van der Waals surface area contributed by atoms with Crippen molar-refractivity contribution in [2.45, 2.75) is 31.2 Å². The molecule has 0 aliphatic heterocycles. The third-order valence-electron chi connectivity index (χ3n) is 4.31. The Kier molecular flexibility index (Phi) is 4.31. The van der Waals surface area contributed by atoms with Gasteiger partial charge < -0.3 is 11.1 Å². The van der Waals surface area contributed by atoms with E-state index in [9.17, 15) is 4.79 Å². The summed E-state index contributed by atoms with van der Waals surface area (Å²) in [5.74, 6) is -0.158. The normalized spacial score (nSPS) is 16.6. The van der Waals surface area contributed by atoms with Crippen LogP contribution in [0, 0.1) is 0 Å². The number of nitrogens with one attached hydrogen (secondary N) is 2. The lowest BCUT2D eigenvalue weighted by atomic mass is 9.97. The second-order valence-corrected chi connectivity index (χ2v) is 6.57. The minimum absolute atomic E-state index is 0.158. The SMILES string of the molecule is NCC1(NC(=O)c2[nH]nc(-c3ccccc3)c2Br)CCCC1. The summed E-state index contributed by atoms with van der Waals surface area (Å²) in [7, 11) is 0. The first kappa shape index (κ1) is 15.2. The lowest BCUT2D eigenvalue weighted by Crippen LogP contribution is -2.51. The highest BCUT2D eigenvalue weighted by atomic mass is 79.9. The maximum Gasteiger partial charge on any atom is 0.270 e. The van der Waals surface area contributed by atoms with Gasteiger partial charge in [-0.05, 0) is 28.8 Å². The smallest absolute Gasteiger partial charge is 0.270 e. The first-order valence-electron chi connectivity index (χ1n) is 7.47. The van der Waals surface area contributed by atoms with Gasteiger partial charge in [0.25, 0.3) is 5.91 Å². The zero-order valence-corrected chi connectivity index (χ0v) is 13.8. The van der Waals surface area contributed by atoms with Crippen LogP contribution in [0.3, 0.4) is 0 Å². The molecule has 0 bridgehead atoms. The van der Waals surface area contributed by atoms with Gasteiger partial charge in [0, 0.05) is 12.1 Å². The van der Waals surface area contributed by atoms with Crippen LogP contribution >= 0.6 is 15.9 Å². The Balaban J connectivity index is 1.84. The Labute approximate surface area is 137 Å². The van der Waals surface area contributed by atoms with E-state index in [-0.39, 0.29) is 11.4 Å². The Hall–Kier alpha value is -1.66. The van der Waals surface area contributed by atoms with Crippen LogP contribution in [0.4, 0.5) is 0 Å². The molecule has 1 aliphatic rings. The number of carbonyl (C=O) groups is 1. The van der Waals surface area contributed by atoms with E-state index >= 15 is 0 Å². The number of amides is 1. The van der Waals surface area contributed by atoms with E-state index in [1.54, 1.807) is 0 Å². The van der Waals surface area contributed by atoms with Gasteiger partial charge in [-0.2, -0.15) is 5.10 Å². The van der Waals surface area contributed by atoms with E-state index < -0.39 is 0 Å². The average molecular weight is 363 g/mol. The number of halogens is 1. The minimum atomic E-state index is -0.269. The molecule has 5 nitrogen and oxygen atoms in total. The molecule has 1 fully saturated rings. The van der Waals surface area contributed by atoms with Crippen LogP contribution in [0.25, 0.3) is 11.3 Å². The monoisotopic (exact) mass is 362 g/mol. The third-order valence-corrected chi connectivity index (χ3v) is 5.08. The highest BCUT2D eigenvalue weighted by Gasteiger charge is 2.35. The Morgan fingerprint density at radius 1 is 1.32 bits per heavy atom. The van der Waals surface area contributed by atoms with Gasteiger partial charge in [-0.15, -0.1) is 0 Å². The average Bonchev–Trinajstić information content (AvgIpc) is 3.15. The van der Waals surface area contributed by atoms with Crippen molar-refractivity contribution in [3.8, 4) is 11.3 Å². The molecule has 116 valence electrons. The summed E-state index contributed by atoms with van der Waals surface area (Å²) in [5.41, 5.74) is 7.74. The summed E-state index contributed by atoms with van der Waals surface area (Å²) < 4.78 is 0.682. The molecule has 1 amide bonds. The maximum atomic E-state index is 12.6. The predicted octanol–water partition coefficient (Wildman–Crippen LogP) is 2.84. The zero-order chi connectivity index (χ0) is 15.6. The van der Waals surface area contributed by atoms with Gasteiger partial charge >= 0.3 is 0 Å². The minimum Gasteiger partial charge on any atom is -0.344 e. The van der Waals surface area contributed by atoms with E-state index in [4.69, 9.17) is 5.73 Å². The fourth-order valence-corrected chi connectivity index (χ4v) is 3.59. The van der Waals surface area contributed by atoms with Crippen LogP contribution in [0.5, 0.6) is 0 Å². The first-order valence-corrected chi connectivity index (χ1v) is 8.26. The van der Waals surface area contributed by atoms with E-state index in [0.717, 1.165) is 36.9 Å². The second-order valence-electron chi connectivity index (χ2n) is 5.77. The number of nitrogens with zero attached hydrogens (tertiary/aromatic N) is 1. The molecule has 22 heavy (non-hydrogen) atoms. The fraction of sp³-hybridized carbons (Fsp3) is 0.375. The number of rotatable bonds is 4. The lowest BCUT2D eigenvalue weighted by molar-refractivity contribution is 0.0897. The van der Waals surface area contributed by atoms with Crippen molar-refractivity contribution >= 4 is 21.8 Å². The van der Waals surface area contributed by atoms with Crippen molar-refractivity contribution in [3.05, 3.63) is 40.5 Å². The van der Waals surface area contributed by atoms with Crippen LogP contribution in [0.2, 0.25) is 0 Å². The molecule has 1 aromatic carbocycles. The molecule has 1 saturated carbocycles. The van der Waals surface area contributed by atoms with Gasteiger partial charge in [-0.3, -0.25) is 9.89 Å². The van der Waals surface area contributed by atoms with Crippen molar-refractivity contribution < 1.29 is 4.79 Å². The highest BCUT2D eigenvalue weighted by Crippen LogP contribution is 2.31. The largest absolute Gasteiger partial charge is 0.344 e. The topological polar surface area (TPSA) is 83.8 Å². The molecular weight excluding hydrogens is 344 g/mol. The van der Waals surface area contributed by atoms with E-state index in [0.29, 0.717) is 16.7 Å². The molecule has 3 rings (SSSR count). The molecule has 4 N–H and O–H groups in total. The van der Waals surface area contributed by atoms with Gasteiger partial charge in [0.15, 0.2) is 0 Å². The van der Waals surface area contributed by atoms with Gasteiger partial charge in [0.05, 0.1) is 10.0 Å². The molecule has 6 heteroatoms. The molecule has 1 aliphatic carbocycles. The summed E-state index contributed by atoms with van der Waals surface area (Å²) in [5, 5.41) is 10.2. The molecule has 1 aromatic heterocycles. The fourth-order valence-electron chi connectivity index (χ4n) is 3.00. The molecule has 0 atom stereocenters. The van der Waals surface area contributed by atoms with Crippen LogP contribution in [0.15, 0.2) is 34.8 Å². The van der Waals surface area contributed by atoms with Crippen molar-refractivity contribution in [2.24, 2.45) is 5.73 Å². The third kappa shape index (κ3) is 2.80. The number of hydrogen-bond donors (Lipinski definition) is 3. The quantitative estimate of drug-likeness (QED) is 0.781. The summed E-state index contributed by atoms with van der Waals surface area (Å²) >= 11 is 3.49. The number of aromatic amines is 1. The number of benzene rings is 1. The number of aromatic nitrogens is 2. The Morgan fingerprint density at radius 3 is 2.64 bits per heavy atom. The van der Waals surface area contributed by atoms with Crippen molar-refractivity contribution in [1.82, 2.24) is 15.5 Å². The van der Waals surface area contributed by atoms with E-state index in [1.165, 1.54) is 0 Å². The van der Waals surface area contributed by atoms with Gasteiger partial charge in [0.2, 0.25) is 0 Å². The number of nitrogens with two attached hydrogens (primary N) is 1. The standard InChI is InChI=1S/C16H19BrN4O/c17-12-13(11-6-2-1-3-7-11)20-21-14(12)15(22)19-16(10-18)8-4-5-9-16/h1-3,6-7H,4-5,8-10,18H2,(H,19,22)(H,20,21). The van der Waals surface area contributed by atoms with Gasteiger partial charge in [-0.25, -0.2) is 0 Å². The molecule has 2 aromatic rings.